The van der Waals surface area contributed by atoms with Crippen LogP contribution in [-0.2, 0) is 22.6 Å². The van der Waals surface area contributed by atoms with Gasteiger partial charge in [0.2, 0.25) is 0 Å². The molecule has 0 spiro atoms. The summed E-state index contributed by atoms with van der Waals surface area (Å²) in [6, 6.07) is 7.81. The predicted octanol–water partition coefficient (Wildman–Crippen LogP) is 2.45. The average Bonchev–Trinajstić information content (AvgIpc) is 2.50. The van der Waals surface area contributed by atoms with Crippen molar-refractivity contribution in [1.29, 1.82) is 0 Å². The van der Waals surface area contributed by atoms with Gasteiger partial charge in [0.05, 0.1) is 6.61 Å². The molecule has 0 bridgehead atoms. The van der Waals surface area contributed by atoms with Crippen LogP contribution in [0.2, 0.25) is 0 Å². The molecule has 0 radical (unpaired) electrons. The van der Waals surface area contributed by atoms with Gasteiger partial charge in [-0.1, -0.05) is 24.3 Å². The van der Waals surface area contributed by atoms with Gasteiger partial charge in [0, 0.05) is 33.9 Å². The lowest BCUT2D eigenvalue weighted by molar-refractivity contribution is 0.184. The third-order valence-electron chi connectivity index (χ3n) is 3.17. The van der Waals surface area contributed by atoms with E-state index in [4.69, 9.17) is 9.47 Å². The molecule has 0 heterocycles. The average molecular weight is 294 g/mol. The number of nitrogens with one attached hydrogen (secondary N) is 2. The van der Waals surface area contributed by atoms with Crippen LogP contribution in [0.3, 0.4) is 0 Å². The van der Waals surface area contributed by atoms with Crippen LogP contribution in [0.15, 0.2) is 24.3 Å². The van der Waals surface area contributed by atoms with E-state index in [1.54, 1.807) is 14.2 Å². The molecule has 0 fully saturated rings. The van der Waals surface area contributed by atoms with Crippen LogP contribution in [0.25, 0.3) is 0 Å². The first kappa shape index (κ1) is 17.5. The molecule has 5 nitrogen and oxygen atoms in total. The molecule has 0 saturated carbocycles. The molecule has 2 N–H and O–H groups in total. The monoisotopic (exact) mass is 294 g/mol. The molecule has 0 aliphatic carbocycles. The number of amides is 2. The zero-order valence-electron chi connectivity index (χ0n) is 13.0. The molecule has 1 aromatic carbocycles. The number of ether oxygens (including phenoxy) is 2. The van der Waals surface area contributed by atoms with Gasteiger partial charge in [0.25, 0.3) is 0 Å². The fraction of sp³-hybridized carbons (Fsp3) is 0.562. The molecule has 118 valence electrons. The molecular weight excluding hydrogens is 268 g/mol. The quantitative estimate of drug-likeness (QED) is 0.652. The first-order valence-corrected chi connectivity index (χ1v) is 7.34. The number of unbranched alkanes of at least 4 members (excludes halogenated alkanes) is 2. The SMILES string of the molecule is COCCCCCNC(=O)NCc1ccccc1COC. The van der Waals surface area contributed by atoms with Gasteiger partial charge in [-0.15, -0.1) is 0 Å². The van der Waals surface area contributed by atoms with Gasteiger partial charge in [-0.25, -0.2) is 4.79 Å². The van der Waals surface area contributed by atoms with Crippen molar-refractivity contribution in [3.05, 3.63) is 35.4 Å². The van der Waals surface area contributed by atoms with Crippen molar-refractivity contribution in [2.24, 2.45) is 0 Å². The number of carbonyl (C=O) groups is 1. The fourth-order valence-electron chi connectivity index (χ4n) is 2.01. The minimum Gasteiger partial charge on any atom is -0.385 e. The highest BCUT2D eigenvalue weighted by atomic mass is 16.5. The lowest BCUT2D eigenvalue weighted by atomic mass is 10.1. The number of benzene rings is 1. The van der Waals surface area contributed by atoms with E-state index in [2.05, 4.69) is 10.6 Å². The standard InChI is InChI=1S/C16H26N2O3/c1-20-11-7-3-6-10-17-16(19)18-12-14-8-4-5-9-15(14)13-21-2/h4-5,8-9H,3,6-7,10-13H2,1-2H3,(H2,17,18,19). The number of methoxy groups -OCH3 is 2. The van der Waals surface area contributed by atoms with Crippen LogP contribution in [0.5, 0.6) is 0 Å². The summed E-state index contributed by atoms with van der Waals surface area (Å²) in [5.41, 5.74) is 2.18. The van der Waals surface area contributed by atoms with Gasteiger partial charge < -0.3 is 20.1 Å². The Balaban J connectivity index is 2.21. The molecule has 2 amide bonds. The van der Waals surface area contributed by atoms with E-state index in [0.717, 1.165) is 37.0 Å². The normalized spacial score (nSPS) is 10.4. The van der Waals surface area contributed by atoms with Gasteiger partial charge in [0.15, 0.2) is 0 Å². The Kier molecular flexibility index (Phi) is 9.24. The maximum atomic E-state index is 11.7. The summed E-state index contributed by atoms with van der Waals surface area (Å²) in [5.74, 6) is 0. The Morgan fingerprint density at radius 1 is 1.00 bits per heavy atom. The van der Waals surface area contributed by atoms with Gasteiger partial charge in [0.1, 0.15) is 0 Å². The summed E-state index contributed by atoms with van der Waals surface area (Å²) in [7, 11) is 3.37. The summed E-state index contributed by atoms with van der Waals surface area (Å²) < 4.78 is 10.1. The van der Waals surface area contributed by atoms with E-state index in [-0.39, 0.29) is 6.03 Å². The minimum absolute atomic E-state index is 0.131. The molecule has 5 heteroatoms. The zero-order chi connectivity index (χ0) is 15.3. The van der Waals surface area contributed by atoms with Crippen LogP contribution in [0.4, 0.5) is 4.79 Å². The third-order valence-corrected chi connectivity index (χ3v) is 3.17. The van der Waals surface area contributed by atoms with Crippen molar-refractivity contribution in [3.8, 4) is 0 Å². The molecular formula is C16H26N2O3. The van der Waals surface area contributed by atoms with E-state index in [1.807, 2.05) is 24.3 Å². The van der Waals surface area contributed by atoms with E-state index in [9.17, 15) is 4.79 Å². The van der Waals surface area contributed by atoms with Crippen molar-refractivity contribution in [2.45, 2.75) is 32.4 Å². The highest BCUT2D eigenvalue weighted by molar-refractivity contribution is 5.73. The van der Waals surface area contributed by atoms with Crippen molar-refractivity contribution >= 4 is 6.03 Å². The first-order chi connectivity index (χ1) is 10.3. The Labute approximate surface area is 127 Å². The predicted molar refractivity (Wildman–Crippen MR) is 83.1 cm³/mol. The molecule has 21 heavy (non-hydrogen) atoms. The largest absolute Gasteiger partial charge is 0.385 e. The third kappa shape index (κ3) is 7.68. The molecule has 0 saturated heterocycles. The van der Waals surface area contributed by atoms with Crippen molar-refractivity contribution in [3.63, 3.8) is 0 Å². The maximum absolute atomic E-state index is 11.7. The van der Waals surface area contributed by atoms with Gasteiger partial charge >= 0.3 is 6.03 Å². The highest BCUT2D eigenvalue weighted by Crippen LogP contribution is 2.09. The molecule has 0 aliphatic rings. The summed E-state index contributed by atoms with van der Waals surface area (Å²) in [5, 5.41) is 5.73. The molecule has 0 aliphatic heterocycles. The molecule has 1 aromatic rings. The van der Waals surface area contributed by atoms with E-state index in [0.29, 0.717) is 19.7 Å². The lowest BCUT2D eigenvalue weighted by Crippen LogP contribution is -2.35. The number of carbonyl (C=O) groups excluding carboxylic acids is 1. The van der Waals surface area contributed by atoms with Gasteiger partial charge in [-0.3, -0.25) is 0 Å². The van der Waals surface area contributed by atoms with Crippen LogP contribution in [0.1, 0.15) is 30.4 Å². The Hall–Kier alpha value is -1.59. The van der Waals surface area contributed by atoms with Crippen molar-refractivity contribution < 1.29 is 14.3 Å². The van der Waals surface area contributed by atoms with Crippen LogP contribution in [-0.4, -0.2) is 33.4 Å². The number of hydrogen-bond acceptors (Lipinski definition) is 3. The summed E-state index contributed by atoms with van der Waals surface area (Å²) in [4.78, 5) is 11.7. The Bertz CT molecular complexity index is 410. The number of hydrogen-bond donors (Lipinski definition) is 2. The maximum Gasteiger partial charge on any atom is 0.315 e. The molecule has 1 rings (SSSR count). The van der Waals surface area contributed by atoms with Gasteiger partial charge in [-0.2, -0.15) is 0 Å². The number of rotatable bonds is 10. The minimum atomic E-state index is -0.131. The number of urea groups is 1. The van der Waals surface area contributed by atoms with Gasteiger partial charge in [-0.05, 0) is 30.4 Å². The first-order valence-electron chi connectivity index (χ1n) is 7.34. The van der Waals surface area contributed by atoms with Crippen molar-refractivity contribution in [2.75, 3.05) is 27.4 Å². The van der Waals surface area contributed by atoms with Crippen LogP contribution >= 0.6 is 0 Å². The van der Waals surface area contributed by atoms with Crippen molar-refractivity contribution in [1.82, 2.24) is 10.6 Å². The molecule has 0 atom stereocenters. The Morgan fingerprint density at radius 3 is 2.48 bits per heavy atom. The summed E-state index contributed by atoms with van der Waals surface area (Å²) >= 11 is 0. The van der Waals surface area contributed by atoms with Crippen LogP contribution < -0.4 is 10.6 Å². The zero-order valence-corrected chi connectivity index (χ0v) is 13.0. The lowest BCUT2D eigenvalue weighted by Gasteiger charge is -2.11. The second-order valence-corrected chi connectivity index (χ2v) is 4.86. The topological polar surface area (TPSA) is 59.6 Å². The van der Waals surface area contributed by atoms with Crippen LogP contribution in [0, 0.1) is 0 Å². The molecule has 0 unspecified atom stereocenters. The second-order valence-electron chi connectivity index (χ2n) is 4.86. The fourth-order valence-corrected chi connectivity index (χ4v) is 2.01. The summed E-state index contributed by atoms with van der Waals surface area (Å²) in [6.07, 6.45) is 3.06. The Morgan fingerprint density at radius 2 is 1.76 bits per heavy atom. The second kappa shape index (κ2) is 11.1. The van der Waals surface area contributed by atoms with E-state index < -0.39 is 0 Å². The molecule has 0 aromatic heterocycles. The smallest absolute Gasteiger partial charge is 0.315 e. The highest BCUT2D eigenvalue weighted by Gasteiger charge is 2.04. The summed E-state index contributed by atoms with van der Waals surface area (Å²) in [6.45, 7) is 2.53. The van der Waals surface area contributed by atoms with E-state index >= 15 is 0 Å². The van der Waals surface area contributed by atoms with E-state index in [1.165, 1.54) is 0 Å².